The van der Waals surface area contributed by atoms with E-state index >= 15 is 0 Å². The second-order valence-electron chi connectivity index (χ2n) is 5.37. The van der Waals surface area contributed by atoms with E-state index in [4.69, 9.17) is 4.74 Å². The molecule has 0 aliphatic heterocycles. The Morgan fingerprint density at radius 3 is 2.42 bits per heavy atom. The highest BCUT2D eigenvalue weighted by atomic mass is 16.5. The summed E-state index contributed by atoms with van der Waals surface area (Å²) in [6.07, 6.45) is 1.52. The number of carbonyl (C=O) groups is 3. The molecule has 0 saturated heterocycles. The zero-order valence-electron chi connectivity index (χ0n) is 14.6. The Hall–Kier alpha value is -3.42. The largest absolute Gasteiger partial charge is 0.545 e. The van der Waals surface area contributed by atoms with Crippen LogP contribution in [0.3, 0.4) is 0 Å². The molecule has 0 radical (unpaired) electrons. The molecule has 1 amide bonds. The van der Waals surface area contributed by atoms with Crippen LogP contribution in [0.4, 0.5) is 5.69 Å². The molecule has 2 rings (SSSR count). The number of nitrogens with zero attached hydrogens (tertiary/aromatic N) is 2. The number of benzene rings is 1. The van der Waals surface area contributed by atoms with Crippen LogP contribution in [-0.4, -0.2) is 34.2 Å². The van der Waals surface area contributed by atoms with Gasteiger partial charge in [0.2, 0.25) is 5.91 Å². The number of aliphatic carboxylic acids is 1. The van der Waals surface area contributed by atoms with E-state index in [1.807, 2.05) is 0 Å². The van der Waals surface area contributed by atoms with E-state index in [2.05, 4.69) is 10.4 Å². The van der Waals surface area contributed by atoms with Crippen LogP contribution in [0.2, 0.25) is 0 Å². The number of aromatic nitrogens is 2. The Morgan fingerprint density at radius 1 is 1.19 bits per heavy atom. The topological polar surface area (TPSA) is 113 Å². The van der Waals surface area contributed by atoms with E-state index in [9.17, 15) is 19.5 Å². The molecule has 2 aromatic rings. The zero-order chi connectivity index (χ0) is 19.3. The maximum atomic E-state index is 12.0. The average Bonchev–Trinajstić information content (AvgIpc) is 2.88. The van der Waals surface area contributed by atoms with Crippen molar-refractivity contribution >= 4 is 23.5 Å². The van der Waals surface area contributed by atoms with Crippen molar-refractivity contribution in [3.8, 4) is 5.69 Å². The first-order valence-electron chi connectivity index (χ1n) is 7.87. The molecular weight excluding hydrogens is 338 g/mol. The van der Waals surface area contributed by atoms with E-state index in [0.717, 1.165) is 6.08 Å². The van der Waals surface area contributed by atoms with Crippen molar-refractivity contribution in [1.29, 1.82) is 0 Å². The third-order valence-electron chi connectivity index (χ3n) is 3.52. The van der Waals surface area contributed by atoms with Gasteiger partial charge in [0.1, 0.15) is 5.56 Å². The van der Waals surface area contributed by atoms with Crippen molar-refractivity contribution in [1.82, 2.24) is 9.78 Å². The molecule has 1 N–H and O–H groups in total. The van der Waals surface area contributed by atoms with E-state index in [-0.39, 0.29) is 6.61 Å². The summed E-state index contributed by atoms with van der Waals surface area (Å²) >= 11 is 0. The van der Waals surface area contributed by atoms with Crippen molar-refractivity contribution in [2.45, 2.75) is 20.8 Å². The summed E-state index contributed by atoms with van der Waals surface area (Å²) in [7, 11) is 0. The third-order valence-corrected chi connectivity index (χ3v) is 3.52. The van der Waals surface area contributed by atoms with Crippen LogP contribution in [0.5, 0.6) is 0 Å². The first-order valence-corrected chi connectivity index (χ1v) is 7.87. The predicted octanol–water partition coefficient (Wildman–Crippen LogP) is 0.910. The van der Waals surface area contributed by atoms with Crippen LogP contribution < -0.4 is 10.4 Å². The molecule has 1 aromatic carbocycles. The summed E-state index contributed by atoms with van der Waals surface area (Å²) in [5.41, 5.74) is 2.82. The summed E-state index contributed by atoms with van der Waals surface area (Å²) < 4.78 is 6.66. The highest BCUT2D eigenvalue weighted by Crippen LogP contribution is 2.20. The summed E-state index contributed by atoms with van der Waals surface area (Å²) in [4.78, 5) is 33.9. The van der Waals surface area contributed by atoms with Crippen LogP contribution in [-0.2, 0) is 14.3 Å². The molecule has 0 unspecified atom stereocenters. The summed E-state index contributed by atoms with van der Waals surface area (Å²) in [5, 5.41) is 17.2. The van der Waals surface area contributed by atoms with Crippen LogP contribution in [0, 0.1) is 13.8 Å². The minimum Gasteiger partial charge on any atom is -0.545 e. The lowest BCUT2D eigenvalue weighted by Gasteiger charge is -2.07. The van der Waals surface area contributed by atoms with Crippen molar-refractivity contribution in [3.05, 3.63) is 53.4 Å². The molecule has 0 aliphatic rings. The Bertz CT molecular complexity index is 866. The molecule has 1 aromatic heterocycles. The molecule has 136 valence electrons. The molecule has 1 heterocycles. The lowest BCUT2D eigenvalue weighted by atomic mass is 10.2. The third kappa shape index (κ3) is 4.35. The smallest absolute Gasteiger partial charge is 0.341 e. The van der Waals surface area contributed by atoms with Gasteiger partial charge in [-0.05, 0) is 51.1 Å². The summed E-state index contributed by atoms with van der Waals surface area (Å²) in [5.74, 6) is -2.45. The molecule has 8 nitrogen and oxygen atoms in total. The van der Waals surface area contributed by atoms with Crippen molar-refractivity contribution in [3.63, 3.8) is 0 Å². The van der Waals surface area contributed by atoms with Crippen molar-refractivity contribution in [2.75, 3.05) is 11.9 Å². The van der Waals surface area contributed by atoms with Gasteiger partial charge in [0, 0.05) is 11.8 Å². The summed E-state index contributed by atoms with van der Waals surface area (Å²) in [6, 6.07) is 6.71. The maximum absolute atomic E-state index is 12.0. The van der Waals surface area contributed by atoms with Crippen molar-refractivity contribution < 1.29 is 24.2 Å². The SMILES string of the molecule is CCOC(=O)c1c(C)nn(-c2ccc(NC(=O)C=CC(=O)[O-])cc2)c1C. The second-order valence-corrected chi connectivity index (χ2v) is 5.37. The number of nitrogens with one attached hydrogen (secondary N) is 1. The van der Waals surface area contributed by atoms with Gasteiger partial charge in [-0.15, -0.1) is 0 Å². The Morgan fingerprint density at radius 2 is 1.85 bits per heavy atom. The van der Waals surface area contributed by atoms with Gasteiger partial charge in [0.25, 0.3) is 0 Å². The van der Waals surface area contributed by atoms with Gasteiger partial charge in [-0.1, -0.05) is 0 Å². The number of carbonyl (C=O) groups excluding carboxylic acids is 3. The molecule has 0 spiro atoms. The molecule has 8 heteroatoms. The fourth-order valence-electron chi connectivity index (χ4n) is 2.41. The minimum atomic E-state index is -1.45. The molecular formula is C18H18N3O5-. The van der Waals surface area contributed by atoms with Crippen LogP contribution >= 0.6 is 0 Å². The predicted molar refractivity (Wildman–Crippen MR) is 91.8 cm³/mol. The molecule has 0 saturated carbocycles. The Kier molecular flexibility index (Phi) is 5.90. The van der Waals surface area contributed by atoms with E-state index in [0.29, 0.717) is 34.4 Å². The van der Waals surface area contributed by atoms with E-state index < -0.39 is 17.8 Å². The number of hydrogen-bond donors (Lipinski definition) is 1. The van der Waals surface area contributed by atoms with Gasteiger partial charge in [-0.3, -0.25) is 4.79 Å². The van der Waals surface area contributed by atoms with Gasteiger partial charge in [0.05, 0.1) is 29.7 Å². The fourth-order valence-corrected chi connectivity index (χ4v) is 2.41. The monoisotopic (exact) mass is 356 g/mol. The number of amides is 1. The molecule has 0 bridgehead atoms. The molecule has 0 fully saturated rings. The normalized spacial score (nSPS) is 10.7. The number of carboxylic acids is 1. The average molecular weight is 356 g/mol. The Balaban J connectivity index is 2.21. The second kappa shape index (κ2) is 8.11. The maximum Gasteiger partial charge on any atom is 0.341 e. The van der Waals surface area contributed by atoms with Gasteiger partial charge >= 0.3 is 5.97 Å². The van der Waals surface area contributed by atoms with Gasteiger partial charge in [-0.2, -0.15) is 5.10 Å². The van der Waals surface area contributed by atoms with E-state index in [1.54, 1.807) is 49.7 Å². The number of esters is 1. The van der Waals surface area contributed by atoms with Crippen molar-refractivity contribution in [2.24, 2.45) is 0 Å². The number of carboxylic acid groups (broad SMARTS) is 1. The highest BCUT2D eigenvalue weighted by Gasteiger charge is 2.20. The first kappa shape index (κ1) is 18.9. The summed E-state index contributed by atoms with van der Waals surface area (Å²) in [6.45, 7) is 5.52. The van der Waals surface area contributed by atoms with E-state index in [1.165, 1.54) is 0 Å². The lowest BCUT2D eigenvalue weighted by Crippen LogP contribution is -2.20. The number of rotatable bonds is 6. The lowest BCUT2D eigenvalue weighted by molar-refractivity contribution is -0.297. The Labute approximate surface area is 150 Å². The van der Waals surface area contributed by atoms with Gasteiger partial charge in [0.15, 0.2) is 0 Å². The number of hydrogen-bond acceptors (Lipinski definition) is 6. The number of anilines is 1. The highest BCUT2D eigenvalue weighted by molar-refractivity contribution is 6.02. The number of aryl methyl sites for hydroxylation is 1. The van der Waals surface area contributed by atoms with Gasteiger partial charge < -0.3 is 20.0 Å². The number of ether oxygens (including phenoxy) is 1. The molecule has 0 aliphatic carbocycles. The standard InChI is InChI=1S/C18H19N3O5/c1-4-26-18(25)17-11(2)20-21(12(17)3)14-7-5-13(6-8-14)19-15(22)9-10-16(23)24/h5-10H,4H2,1-3H3,(H,19,22)(H,23,24)/p-1. The fraction of sp³-hybridized carbons (Fsp3) is 0.222. The minimum absolute atomic E-state index is 0.281. The van der Waals surface area contributed by atoms with Crippen LogP contribution in [0.1, 0.15) is 28.7 Å². The van der Waals surface area contributed by atoms with Crippen LogP contribution in [0.15, 0.2) is 36.4 Å². The quantitative estimate of drug-likeness (QED) is 0.608. The van der Waals surface area contributed by atoms with Gasteiger partial charge in [-0.25, -0.2) is 9.48 Å². The van der Waals surface area contributed by atoms with Crippen LogP contribution in [0.25, 0.3) is 5.69 Å². The molecule has 26 heavy (non-hydrogen) atoms. The first-order chi connectivity index (χ1) is 12.3. The molecule has 0 atom stereocenters. The zero-order valence-corrected chi connectivity index (χ0v) is 14.6.